The van der Waals surface area contributed by atoms with Crippen LogP contribution < -0.4 is 15.4 Å². The number of hydrogen-bond donors (Lipinski definition) is 2. The summed E-state index contributed by atoms with van der Waals surface area (Å²) in [7, 11) is 0. The molecule has 0 spiro atoms. The zero-order chi connectivity index (χ0) is 15.2. The van der Waals surface area contributed by atoms with E-state index in [1.165, 1.54) is 11.3 Å². The molecule has 2 rings (SSSR count). The number of ether oxygens (including phenoxy) is 1. The fraction of sp³-hybridized carbons (Fsp3) is 0.154. The van der Waals surface area contributed by atoms with Crippen molar-refractivity contribution in [2.24, 2.45) is 0 Å². The van der Waals surface area contributed by atoms with Crippen molar-refractivity contribution in [3.63, 3.8) is 0 Å². The summed E-state index contributed by atoms with van der Waals surface area (Å²) in [4.78, 5) is 16.3. The fourth-order valence-corrected chi connectivity index (χ4v) is 2.69. The highest BCUT2D eigenvalue weighted by Crippen LogP contribution is 2.23. The van der Waals surface area contributed by atoms with Crippen molar-refractivity contribution in [3.8, 4) is 5.75 Å². The van der Waals surface area contributed by atoms with Gasteiger partial charge in [-0.2, -0.15) is 0 Å². The van der Waals surface area contributed by atoms with Crippen LogP contribution in [0.15, 0.2) is 34.2 Å². The second-order valence-electron chi connectivity index (χ2n) is 3.82. The van der Waals surface area contributed by atoms with Crippen molar-refractivity contribution in [1.29, 1.82) is 0 Å². The van der Waals surface area contributed by atoms with E-state index >= 15 is 0 Å². The van der Waals surface area contributed by atoms with Crippen LogP contribution in [0.4, 0.5) is 5.13 Å². The van der Waals surface area contributed by atoms with Gasteiger partial charge in [0, 0.05) is 16.0 Å². The van der Waals surface area contributed by atoms with Gasteiger partial charge in [0.1, 0.15) is 5.75 Å². The Balaban J connectivity index is 2.09. The van der Waals surface area contributed by atoms with Crippen LogP contribution in [0.1, 0.15) is 17.3 Å². The predicted octanol–water partition coefficient (Wildman–Crippen LogP) is 3.43. The average molecular weight is 386 g/mol. The van der Waals surface area contributed by atoms with Crippen LogP contribution in [0.25, 0.3) is 0 Å². The third-order valence-corrected chi connectivity index (χ3v) is 3.75. The SMILES string of the molecule is CCOc1ccc(Br)cc1C(=O)NC(=S)Nc1nccs1. The highest BCUT2D eigenvalue weighted by molar-refractivity contribution is 9.10. The van der Waals surface area contributed by atoms with E-state index < -0.39 is 0 Å². The molecule has 1 heterocycles. The summed E-state index contributed by atoms with van der Waals surface area (Å²) >= 11 is 9.82. The molecule has 0 aliphatic carbocycles. The standard InChI is InChI=1S/C13H12BrN3O2S2/c1-2-19-10-4-3-8(14)7-9(10)11(18)16-12(20)17-13-15-5-6-21-13/h3-7H,2H2,1H3,(H2,15,16,17,18,20). The van der Waals surface area contributed by atoms with Crippen LogP contribution in [-0.4, -0.2) is 22.6 Å². The maximum absolute atomic E-state index is 12.3. The Hall–Kier alpha value is -1.51. The number of carbonyl (C=O) groups is 1. The summed E-state index contributed by atoms with van der Waals surface area (Å²) in [5, 5.41) is 8.08. The largest absolute Gasteiger partial charge is 0.493 e. The first-order valence-corrected chi connectivity index (χ1v) is 8.12. The highest BCUT2D eigenvalue weighted by Gasteiger charge is 2.14. The van der Waals surface area contributed by atoms with E-state index in [1.807, 2.05) is 18.4 Å². The molecule has 0 aliphatic heterocycles. The summed E-state index contributed by atoms with van der Waals surface area (Å²) in [6.45, 7) is 2.34. The molecule has 0 saturated carbocycles. The van der Waals surface area contributed by atoms with Gasteiger partial charge in [0.05, 0.1) is 12.2 Å². The molecule has 1 aromatic carbocycles. The molecular formula is C13H12BrN3O2S2. The molecule has 0 radical (unpaired) electrons. The van der Waals surface area contributed by atoms with Crippen LogP contribution >= 0.6 is 39.5 Å². The smallest absolute Gasteiger partial charge is 0.261 e. The molecule has 2 aromatic rings. The molecule has 0 aliphatic rings. The Morgan fingerprint density at radius 3 is 3.00 bits per heavy atom. The normalized spacial score (nSPS) is 10.0. The maximum atomic E-state index is 12.3. The molecule has 2 N–H and O–H groups in total. The Morgan fingerprint density at radius 1 is 1.52 bits per heavy atom. The third-order valence-electron chi connectivity index (χ3n) is 2.37. The summed E-state index contributed by atoms with van der Waals surface area (Å²) < 4.78 is 6.23. The summed E-state index contributed by atoms with van der Waals surface area (Å²) in [5.74, 6) is 0.170. The number of halogens is 1. The van der Waals surface area contributed by atoms with Gasteiger partial charge >= 0.3 is 0 Å². The molecule has 0 unspecified atom stereocenters. The number of carbonyl (C=O) groups excluding carboxylic acids is 1. The first-order chi connectivity index (χ1) is 10.1. The van der Waals surface area contributed by atoms with Gasteiger partial charge in [-0.1, -0.05) is 15.9 Å². The number of aromatic nitrogens is 1. The van der Waals surface area contributed by atoms with E-state index in [2.05, 4.69) is 31.5 Å². The zero-order valence-corrected chi connectivity index (χ0v) is 14.3. The van der Waals surface area contributed by atoms with Gasteiger partial charge in [0.25, 0.3) is 5.91 Å². The number of thiazole rings is 1. The number of nitrogens with zero attached hydrogens (tertiary/aromatic N) is 1. The van der Waals surface area contributed by atoms with Crippen LogP contribution in [0.5, 0.6) is 5.75 Å². The first-order valence-electron chi connectivity index (χ1n) is 6.04. The number of rotatable bonds is 4. The van der Waals surface area contributed by atoms with Gasteiger partial charge in [-0.05, 0) is 37.3 Å². The topological polar surface area (TPSA) is 63.2 Å². The van der Waals surface area contributed by atoms with Crippen molar-refractivity contribution in [1.82, 2.24) is 10.3 Å². The number of benzene rings is 1. The first kappa shape index (κ1) is 15.9. The third kappa shape index (κ3) is 4.48. The van der Waals surface area contributed by atoms with Gasteiger partial charge in [0.15, 0.2) is 10.2 Å². The molecular weight excluding hydrogens is 374 g/mol. The van der Waals surface area contributed by atoms with E-state index in [0.717, 1.165) is 4.47 Å². The van der Waals surface area contributed by atoms with E-state index in [4.69, 9.17) is 17.0 Å². The quantitative estimate of drug-likeness (QED) is 0.789. The lowest BCUT2D eigenvalue weighted by Gasteiger charge is -2.11. The van der Waals surface area contributed by atoms with Crippen molar-refractivity contribution >= 4 is 55.6 Å². The predicted molar refractivity (Wildman–Crippen MR) is 91.1 cm³/mol. The second kappa shape index (κ2) is 7.48. The molecule has 1 amide bonds. The van der Waals surface area contributed by atoms with Gasteiger partial charge in [-0.3, -0.25) is 10.1 Å². The van der Waals surface area contributed by atoms with Crippen LogP contribution in [-0.2, 0) is 0 Å². The Labute approximate surface area is 139 Å². The van der Waals surface area contributed by atoms with Crippen LogP contribution in [0.3, 0.4) is 0 Å². The van der Waals surface area contributed by atoms with E-state index in [-0.39, 0.29) is 11.0 Å². The monoisotopic (exact) mass is 385 g/mol. The summed E-state index contributed by atoms with van der Waals surface area (Å²) in [6.07, 6.45) is 1.65. The minimum atomic E-state index is -0.339. The van der Waals surface area contributed by atoms with Gasteiger partial charge in [0.2, 0.25) is 0 Å². The van der Waals surface area contributed by atoms with Crippen molar-refractivity contribution in [3.05, 3.63) is 39.8 Å². The molecule has 8 heteroatoms. The average Bonchev–Trinajstić information content (AvgIpc) is 2.93. The Bertz CT molecular complexity index is 647. The fourth-order valence-electron chi connectivity index (χ4n) is 1.55. The van der Waals surface area contributed by atoms with Gasteiger partial charge in [-0.15, -0.1) is 11.3 Å². The number of nitrogens with one attached hydrogen (secondary N) is 2. The minimum absolute atomic E-state index is 0.192. The molecule has 5 nitrogen and oxygen atoms in total. The lowest BCUT2D eigenvalue weighted by atomic mass is 10.2. The molecule has 110 valence electrons. The second-order valence-corrected chi connectivity index (χ2v) is 6.04. The molecule has 0 atom stereocenters. The van der Waals surface area contributed by atoms with E-state index in [0.29, 0.717) is 23.1 Å². The molecule has 1 aromatic heterocycles. The summed E-state index contributed by atoms with van der Waals surface area (Å²) in [5.41, 5.74) is 0.412. The number of anilines is 1. The maximum Gasteiger partial charge on any atom is 0.261 e. The lowest BCUT2D eigenvalue weighted by Crippen LogP contribution is -2.34. The van der Waals surface area contributed by atoms with Crippen molar-refractivity contribution in [2.45, 2.75) is 6.92 Å². The zero-order valence-electron chi connectivity index (χ0n) is 11.1. The van der Waals surface area contributed by atoms with Crippen molar-refractivity contribution < 1.29 is 9.53 Å². The Kier molecular flexibility index (Phi) is 5.66. The highest BCUT2D eigenvalue weighted by atomic mass is 79.9. The number of thiocarbonyl (C=S) groups is 1. The van der Waals surface area contributed by atoms with E-state index in [9.17, 15) is 4.79 Å². The molecule has 0 fully saturated rings. The molecule has 0 bridgehead atoms. The lowest BCUT2D eigenvalue weighted by molar-refractivity contribution is 0.0974. The van der Waals surface area contributed by atoms with Crippen molar-refractivity contribution in [2.75, 3.05) is 11.9 Å². The van der Waals surface area contributed by atoms with Crippen LogP contribution in [0, 0.1) is 0 Å². The number of amides is 1. The molecule has 21 heavy (non-hydrogen) atoms. The van der Waals surface area contributed by atoms with E-state index in [1.54, 1.807) is 18.3 Å². The van der Waals surface area contributed by atoms with Gasteiger partial charge < -0.3 is 10.1 Å². The minimum Gasteiger partial charge on any atom is -0.493 e. The summed E-state index contributed by atoms with van der Waals surface area (Å²) in [6, 6.07) is 5.24. The Morgan fingerprint density at radius 2 is 2.33 bits per heavy atom. The van der Waals surface area contributed by atoms with Gasteiger partial charge in [-0.25, -0.2) is 4.98 Å². The van der Waals surface area contributed by atoms with Crippen LogP contribution in [0.2, 0.25) is 0 Å². The number of hydrogen-bond acceptors (Lipinski definition) is 5. The molecule has 0 saturated heterocycles.